The Bertz CT molecular complexity index is 1260. The molecule has 2 aromatic rings. The molecule has 0 aliphatic carbocycles. The zero-order valence-electron chi connectivity index (χ0n) is 23.7. The number of carbonyl (C=O) groups is 4. The number of benzene rings is 2. The quantitative estimate of drug-likeness (QED) is 0.206. The molecule has 0 fully saturated rings. The van der Waals surface area contributed by atoms with Crippen LogP contribution in [0.2, 0.25) is 0 Å². The molecule has 0 aromatic heterocycles. The SMILES string of the molecule is O=C(N1CCc2ccccc2CC1)C(F)(F)F.O=C(N1CCc2ccccc2CC1)C(F)(F)F.O=C(OC(=O)C(F)(F)F)C(F)(F)F. The second kappa shape index (κ2) is 15.5. The number of hydrogen-bond acceptors (Lipinski definition) is 5. The Morgan fingerprint density at radius 3 is 0.872 bits per heavy atom. The lowest BCUT2D eigenvalue weighted by molar-refractivity contribution is -0.221. The van der Waals surface area contributed by atoms with Crippen molar-refractivity contribution in [1.29, 1.82) is 0 Å². The van der Waals surface area contributed by atoms with Gasteiger partial charge in [-0.2, -0.15) is 52.7 Å². The first-order valence-electron chi connectivity index (χ1n) is 13.3. The highest BCUT2D eigenvalue weighted by molar-refractivity contribution is 5.90. The number of nitrogens with zero attached hydrogens (tertiary/aromatic N) is 2. The molecule has 0 radical (unpaired) electrons. The Balaban J connectivity index is 0.000000248. The summed E-state index contributed by atoms with van der Waals surface area (Å²) in [5, 5.41) is 0. The fourth-order valence-corrected chi connectivity index (χ4v) is 4.30. The van der Waals surface area contributed by atoms with Crippen molar-refractivity contribution in [3.05, 3.63) is 70.8 Å². The molecule has 0 saturated carbocycles. The standard InChI is InChI=1S/2C12H12F3NO.C4F6O3/c2*13-12(14,15)11(17)16-7-5-9-3-1-2-4-10(9)6-8-16;5-3(6,7)1(11)13-2(12)4(8,9)10/h2*1-4H,5-8H2;. The van der Waals surface area contributed by atoms with Gasteiger partial charge in [0, 0.05) is 26.2 Å². The summed E-state index contributed by atoms with van der Waals surface area (Å²) >= 11 is 0. The molecule has 0 unspecified atom stereocenters. The summed E-state index contributed by atoms with van der Waals surface area (Å²) in [6.45, 7) is 0.537. The number of hydrogen-bond donors (Lipinski definition) is 0. The van der Waals surface area contributed by atoms with Gasteiger partial charge in [0.25, 0.3) is 0 Å². The predicted molar refractivity (Wildman–Crippen MR) is 136 cm³/mol. The molecule has 0 N–H and O–H groups in total. The van der Waals surface area contributed by atoms with Gasteiger partial charge in [0.15, 0.2) is 0 Å². The van der Waals surface area contributed by atoms with E-state index in [2.05, 4.69) is 4.74 Å². The van der Waals surface area contributed by atoms with Crippen LogP contribution in [0.3, 0.4) is 0 Å². The van der Waals surface area contributed by atoms with Gasteiger partial charge in [0.2, 0.25) is 0 Å². The van der Waals surface area contributed by atoms with Crippen LogP contribution in [0.1, 0.15) is 22.3 Å². The molecular weight excluding hydrogens is 672 g/mol. The van der Waals surface area contributed by atoms with E-state index in [1.54, 1.807) is 0 Å². The van der Waals surface area contributed by atoms with Crippen molar-refractivity contribution in [1.82, 2.24) is 9.80 Å². The number of halogens is 12. The average Bonchev–Trinajstić information content (AvgIpc) is 3.32. The summed E-state index contributed by atoms with van der Waals surface area (Å²) in [6.07, 6.45) is -18.8. The summed E-state index contributed by atoms with van der Waals surface area (Å²) in [4.78, 5) is 43.3. The van der Waals surface area contributed by atoms with Crippen LogP contribution in [-0.2, 0) is 49.6 Å². The van der Waals surface area contributed by atoms with Crippen molar-refractivity contribution in [3.8, 4) is 0 Å². The molecule has 19 heteroatoms. The Hall–Kier alpha value is -4.32. The maximum atomic E-state index is 12.3. The second-order valence-corrected chi connectivity index (χ2v) is 9.79. The number of fused-ring (bicyclic) bond motifs is 2. The lowest BCUT2D eigenvalue weighted by Crippen LogP contribution is -2.42. The molecule has 2 aromatic carbocycles. The fourth-order valence-electron chi connectivity index (χ4n) is 4.30. The van der Waals surface area contributed by atoms with Gasteiger partial charge in [-0.1, -0.05) is 48.5 Å². The van der Waals surface area contributed by atoms with E-state index in [9.17, 15) is 71.9 Å². The monoisotopic (exact) mass is 696 g/mol. The minimum atomic E-state index is -5.62. The zero-order valence-corrected chi connectivity index (χ0v) is 23.7. The molecule has 4 rings (SSSR count). The van der Waals surface area contributed by atoms with E-state index >= 15 is 0 Å². The van der Waals surface area contributed by atoms with Crippen LogP contribution < -0.4 is 0 Å². The maximum absolute atomic E-state index is 12.3. The van der Waals surface area contributed by atoms with E-state index in [0.717, 1.165) is 32.1 Å². The van der Waals surface area contributed by atoms with E-state index in [0.29, 0.717) is 25.7 Å². The Kier molecular flexibility index (Phi) is 12.8. The average molecular weight is 696 g/mol. The number of carbonyl (C=O) groups excluding carboxylic acids is 4. The predicted octanol–water partition coefficient (Wildman–Crippen LogP) is 5.53. The lowest BCUT2D eigenvalue weighted by Gasteiger charge is -2.21. The normalized spacial score (nSPS) is 15.2. The van der Waals surface area contributed by atoms with E-state index in [-0.39, 0.29) is 26.2 Å². The maximum Gasteiger partial charge on any atom is 0.491 e. The van der Waals surface area contributed by atoms with Crippen molar-refractivity contribution in [3.63, 3.8) is 0 Å². The van der Waals surface area contributed by atoms with Gasteiger partial charge >= 0.3 is 48.5 Å². The lowest BCUT2D eigenvalue weighted by atomic mass is 10.0. The van der Waals surface area contributed by atoms with Gasteiger partial charge in [-0.15, -0.1) is 0 Å². The van der Waals surface area contributed by atoms with Crippen LogP contribution in [0, 0.1) is 0 Å². The molecule has 0 saturated heterocycles. The molecule has 2 heterocycles. The van der Waals surface area contributed by atoms with Crippen LogP contribution in [0.5, 0.6) is 0 Å². The van der Waals surface area contributed by atoms with Crippen molar-refractivity contribution >= 4 is 23.8 Å². The van der Waals surface area contributed by atoms with Crippen molar-refractivity contribution in [2.24, 2.45) is 0 Å². The molecular formula is C28H24F12N2O5. The summed E-state index contributed by atoms with van der Waals surface area (Å²) in [5.74, 6) is -9.86. The highest BCUT2D eigenvalue weighted by Crippen LogP contribution is 2.24. The van der Waals surface area contributed by atoms with Gasteiger partial charge in [0.05, 0.1) is 0 Å². The molecule has 0 atom stereocenters. The van der Waals surface area contributed by atoms with Gasteiger partial charge in [-0.05, 0) is 47.9 Å². The van der Waals surface area contributed by atoms with Gasteiger partial charge < -0.3 is 14.5 Å². The van der Waals surface area contributed by atoms with Crippen molar-refractivity contribution in [2.75, 3.05) is 26.2 Å². The first-order valence-corrected chi connectivity index (χ1v) is 13.3. The molecule has 47 heavy (non-hydrogen) atoms. The summed E-state index contributed by atoms with van der Waals surface area (Å²) in [6, 6.07) is 15.0. The third kappa shape index (κ3) is 12.1. The number of ether oxygens (including phenoxy) is 1. The highest BCUT2D eigenvalue weighted by atomic mass is 19.4. The topological polar surface area (TPSA) is 84.0 Å². The molecule has 2 aliphatic rings. The minimum Gasteiger partial charge on any atom is -0.380 e. The molecule has 7 nitrogen and oxygen atoms in total. The molecule has 2 aliphatic heterocycles. The zero-order chi connectivity index (χ0) is 35.8. The first-order chi connectivity index (χ1) is 21.5. The van der Waals surface area contributed by atoms with Crippen LogP contribution in [0.25, 0.3) is 0 Å². The van der Waals surface area contributed by atoms with Crippen molar-refractivity contribution in [2.45, 2.75) is 50.4 Å². The second-order valence-electron chi connectivity index (χ2n) is 9.79. The van der Waals surface area contributed by atoms with E-state index < -0.39 is 48.5 Å². The van der Waals surface area contributed by atoms with Crippen LogP contribution in [0.15, 0.2) is 48.5 Å². The summed E-state index contributed by atoms with van der Waals surface area (Å²) in [5.41, 5.74) is 4.13. The largest absolute Gasteiger partial charge is 0.491 e. The highest BCUT2D eigenvalue weighted by Gasteiger charge is 2.49. The number of alkyl halides is 12. The number of rotatable bonds is 0. The third-order valence-electron chi connectivity index (χ3n) is 6.55. The fraction of sp³-hybridized carbons (Fsp3) is 0.429. The number of amides is 2. The van der Waals surface area contributed by atoms with Crippen LogP contribution in [-0.4, -0.2) is 84.4 Å². The van der Waals surface area contributed by atoms with Crippen molar-refractivity contribution < 1.29 is 76.6 Å². The van der Waals surface area contributed by atoms with E-state index in [1.807, 2.05) is 48.5 Å². The molecule has 2 amide bonds. The minimum absolute atomic E-state index is 0.134. The Morgan fingerprint density at radius 1 is 0.447 bits per heavy atom. The molecule has 260 valence electrons. The number of esters is 2. The van der Waals surface area contributed by atoms with E-state index in [1.165, 1.54) is 0 Å². The first kappa shape index (κ1) is 38.9. The van der Waals surface area contributed by atoms with Crippen LogP contribution >= 0.6 is 0 Å². The Labute approximate surface area is 258 Å². The smallest absolute Gasteiger partial charge is 0.380 e. The van der Waals surface area contributed by atoms with E-state index in [4.69, 9.17) is 0 Å². The van der Waals surface area contributed by atoms with Gasteiger partial charge in [0.1, 0.15) is 0 Å². The van der Waals surface area contributed by atoms with Gasteiger partial charge in [-0.25, -0.2) is 9.59 Å². The van der Waals surface area contributed by atoms with Gasteiger partial charge in [-0.3, -0.25) is 9.59 Å². The van der Waals surface area contributed by atoms with Crippen LogP contribution in [0.4, 0.5) is 52.7 Å². The Morgan fingerprint density at radius 2 is 0.681 bits per heavy atom. The summed E-state index contributed by atoms with van der Waals surface area (Å²) in [7, 11) is 0. The summed E-state index contributed by atoms with van der Waals surface area (Å²) < 4.78 is 143. The third-order valence-corrected chi connectivity index (χ3v) is 6.55. The molecule has 0 bridgehead atoms. The molecule has 0 spiro atoms.